The molecule has 1 aromatic heterocycles. The molecule has 0 aliphatic rings. The van der Waals surface area contributed by atoms with E-state index in [4.69, 9.17) is 5.73 Å². The third kappa shape index (κ3) is 8.09. The summed E-state index contributed by atoms with van der Waals surface area (Å²) in [6.07, 6.45) is 2.67. The van der Waals surface area contributed by atoms with E-state index in [0.717, 1.165) is 22.0 Å². The number of hydrogen-bond donors (Lipinski definition) is 7. The summed E-state index contributed by atoms with van der Waals surface area (Å²) in [5, 5.41) is 18.5. The van der Waals surface area contributed by atoms with Crippen molar-refractivity contribution in [2.24, 2.45) is 11.7 Å². The molecule has 5 atom stereocenters. The van der Waals surface area contributed by atoms with Crippen LogP contribution in [0.1, 0.15) is 31.4 Å². The van der Waals surface area contributed by atoms with Gasteiger partial charge in [-0.2, -0.15) is 12.6 Å². The summed E-state index contributed by atoms with van der Waals surface area (Å²) in [6, 6.07) is 12.3. The van der Waals surface area contributed by atoms with Crippen LogP contribution in [0.2, 0.25) is 0 Å². The van der Waals surface area contributed by atoms with Crippen molar-refractivity contribution in [2.45, 2.75) is 57.3 Å². The number of rotatable bonds is 14. The third-order valence-electron chi connectivity index (χ3n) is 7.00. The fourth-order valence-corrected chi connectivity index (χ4v) is 4.56. The molecular weight excluding hydrogens is 530 g/mol. The average Bonchev–Trinajstić information content (AvgIpc) is 3.37. The molecule has 0 saturated heterocycles. The smallest absolute Gasteiger partial charge is 0.326 e. The van der Waals surface area contributed by atoms with Crippen LogP contribution in [0.5, 0.6) is 0 Å². The SMILES string of the molecule is CCC(C)C(N)C(=O)NC(Cc1c[nH]c2ccccc12)C(=O)NC(CS)C(=O)NC(Cc1ccccc1)C(=O)O. The first-order chi connectivity index (χ1) is 19.1. The van der Waals surface area contributed by atoms with Crippen LogP contribution in [0.15, 0.2) is 60.8 Å². The minimum atomic E-state index is -1.20. The molecule has 10 nitrogen and oxygen atoms in total. The van der Waals surface area contributed by atoms with Crippen molar-refractivity contribution in [1.29, 1.82) is 0 Å². The van der Waals surface area contributed by atoms with Crippen molar-refractivity contribution in [3.63, 3.8) is 0 Å². The molecule has 214 valence electrons. The lowest BCUT2D eigenvalue weighted by molar-refractivity contribution is -0.142. The van der Waals surface area contributed by atoms with Crippen LogP contribution < -0.4 is 21.7 Å². The van der Waals surface area contributed by atoms with E-state index < -0.39 is 47.9 Å². The number of H-pyrrole nitrogens is 1. The van der Waals surface area contributed by atoms with E-state index in [1.54, 1.807) is 30.5 Å². The molecule has 0 aliphatic carbocycles. The van der Waals surface area contributed by atoms with Crippen molar-refractivity contribution in [3.05, 3.63) is 71.9 Å². The molecule has 0 bridgehead atoms. The first-order valence-electron chi connectivity index (χ1n) is 13.2. The van der Waals surface area contributed by atoms with Gasteiger partial charge in [0.05, 0.1) is 6.04 Å². The molecule has 40 heavy (non-hydrogen) atoms. The second kappa shape index (κ2) is 14.5. The number of fused-ring (bicyclic) bond motifs is 1. The highest BCUT2D eigenvalue weighted by Gasteiger charge is 2.31. The number of aromatic nitrogens is 1. The van der Waals surface area contributed by atoms with Crippen LogP contribution in [-0.2, 0) is 32.0 Å². The summed E-state index contributed by atoms with van der Waals surface area (Å²) < 4.78 is 0. The maximum absolute atomic E-state index is 13.5. The van der Waals surface area contributed by atoms with Crippen molar-refractivity contribution in [1.82, 2.24) is 20.9 Å². The number of carboxylic acid groups (broad SMARTS) is 1. The topological polar surface area (TPSA) is 166 Å². The normalized spacial score (nSPS) is 14.9. The molecule has 7 N–H and O–H groups in total. The van der Waals surface area contributed by atoms with Crippen LogP contribution >= 0.6 is 12.6 Å². The first-order valence-corrected chi connectivity index (χ1v) is 13.9. The number of carbonyl (C=O) groups is 4. The van der Waals surface area contributed by atoms with E-state index in [2.05, 4.69) is 33.6 Å². The number of aliphatic carboxylic acids is 1. The molecule has 2 aromatic carbocycles. The Bertz CT molecular complexity index is 1310. The zero-order chi connectivity index (χ0) is 29.2. The fraction of sp³-hybridized carbons (Fsp3) is 0.379. The standard InChI is InChI=1S/C29H37N5O5S/c1-3-17(2)25(30)28(37)32-22(14-19-15-31-21-12-8-7-11-20(19)21)26(35)34-24(16-40)27(36)33-23(29(38)39)13-18-9-5-4-6-10-18/h4-12,15,17,22-25,31,40H,3,13-14,16,30H2,1-2H3,(H,32,37)(H,33,36)(H,34,35)(H,38,39). The molecule has 3 rings (SSSR count). The van der Waals surface area contributed by atoms with Gasteiger partial charge in [-0.1, -0.05) is 68.8 Å². The summed E-state index contributed by atoms with van der Waals surface area (Å²) in [5.74, 6) is -3.18. The Balaban J connectivity index is 1.77. The van der Waals surface area contributed by atoms with Crippen molar-refractivity contribution in [3.8, 4) is 0 Å². The van der Waals surface area contributed by atoms with E-state index >= 15 is 0 Å². The Hall–Kier alpha value is -3.83. The number of para-hydroxylation sites is 1. The van der Waals surface area contributed by atoms with Gasteiger partial charge < -0.3 is 31.8 Å². The van der Waals surface area contributed by atoms with Crippen molar-refractivity contribution < 1.29 is 24.3 Å². The second-order valence-corrected chi connectivity index (χ2v) is 10.2. The van der Waals surface area contributed by atoms with E-state index in [1.165, 1.54) is 0 Å². The van der Waals surface area contributed by atoms with E-state index in [1.807, 2.05) is 44.2 Å². The molecule has 3 aromatic rings. The second-order valence-electron chi connectivity index (χ2n) is 9.87. The summed E-state index contributed by atoms with van der Waals surface area (Å²) in [6.45, 7) is 3.78. The maximum Gasteiger partial charge on any atom is 0.326 e. The zero-order valence-electron chi connectivity index (χ0n) is 22.6. The Kier molecular flexibility index (Phi) is 11.2. The molecule has 11 heteroatoms. The van der Waals surface area contributed by atoms with E-state index in [0.29, 0.717) is 6.42 Å². The Morgan fingerprint density at radius 2 is 1.48 bits per heavy atom. The lowest BCUT2D eigenvalue weighted by atomic mass is 9.98. The van der Waals surface area contributed by atoms with Gasteiger partial charge in [0.1, 0.15) is 18.1 Å². The zero-order valence-corrected chi connectivity index (χ0v) is 23.5. The highest BCUT2D eigenvalue weighted by Crippen LogP contribution is 2.19. The van der Waals surface area contributed by atoms with Crippen LogP contribution in [0.4, 0.5) is 0 Å². The number of aromatic amines is 1. The number of amides is 3. The van der Waals surface area contributed by atoms with Gasteiger partial charge in [-0.05, 0) is 23.1 Å². The van der Waals surface area contributed by atoms with Gasteiger partial charge in [-0.15, -0.1) is 0 Å². The summed E-state index contributed by atoms with van der Waals surface area (Å²) >= 11 is 4.22. The van der Waals surface area contributed by atoms with Crippen LogP contribution in [0.25, 0.3) is 10.9 Å². The highest BCUT2D eigenvalue weighted by atomic mass is 32.1. The Morgan fingerprint density at radius 1 is 0.875 bits per heavy atom. The van der Waals surface area contributed by atoms with Crippen molar-refractivity contribution >= 4 is 47.2 Å². The number of hydrogen-bond acceptors (Lipinski definition) is 6. The number of nitrogens with one attached hydrogen (secondary N) is 4. The summed E-state index contributed by atoms with van der Waals surface area (Å²) in [5.41, 5.74) is 8.54. The number of carboxylic acids is 1. The Morgan fingerprint density at radius 3 is 2.12 bits per heavy atom. The average molecular weight is 568 g/mol. The van der Waals surface area contributed by atoms with E-state index in [-0.39, 0.29) is 24.5 Å². The molecule has 0 radical (unpaired) electrons. The predicted octanol–water partition coefficient (Wildman–Crippen LogP) is 1.80. The minimum absolute atomic E-state index is 0.0713. The molecule has 1 heterocycles. The number of carbonyl (C=O) groups excluding carboxylic acids is 3. The molecule has 0 saturated carbocycles. The number of nitrogens with two attached hydrogens (primary N) is 1. The van der Waals surface area contributed by atoms with Gasteiger partial charge in [0.25, 0.3) is 0 Å². The van der Waals surface area contributed by atoms with E-state index in [9.17, 15) is 24.3 Å². The van der Waals surface area contributed by atoms with Gasteiger partial charge >= 0.3 is 5.97 Å². The van der Waals surface area contributed by atoms with Gasteiger partial charge in [0.15, 0.2) is 0 Å². The van der Waals surface area contributed by atoms with Crippen LogP contribution in [0, 0.1) is 5.92 Å². The number of thiol groups is 1. The predicted molar refractivity (Wildman–Crippen MR) is 157 cm³/mol. The van der Waals surface area contributed by atoms with Crippen LogP contribution in [-0.4, -0.2) is 63.7 Å². The lowest BCUT2D eigenvalue weighted by Crippen LogP contribution is -2.58. The summed E-state index contributed by atoms with van der Waals surface area (Å²) in [7, 11) is 0. The number of benzene rings is 2. The van der Waals surface area contributed by atoms with Crippen molar-refractivity contribution in [2.75, 3.05) is 5.75 Å². The maximum atomic E-state index is 13.5. The van der Waals surface area contributed by atoms with Gasteiger partial charge in [-0.25, -0.2) is 4.79 Å². The molecule has 5 unspecified atom stereocenters. The molecule has 3 amide bonds. The molecule has 0 spiro atoms. The summed E-state index contributed by atoms with van der Waals surface area (Å²) in [4.78, 5) is 54.5. The largest absolute Gasteiger partial charge is 0.480 e. The quantitative estimate of drug-likeness (QED) is 0.147. The monoisotopic (exact) mass is 567 g/mol. The molecule has 0 fully saturated rings. The highest BCUT2D eigenvalue weighted by molar-refractivity contribution is 7.80. The minimum Gasteiger partial charge on any atom is -0.480 e. The third-order valence-corrected chi connectivity index (χ3v) is 7.37. The van der Waals surface area contributed by atoms with Gasteiger partial charge in [0.2, 0.25) is 17.7 Å². The van der Waals surface area contributed by atoms with Gasteiger partial charge in [-0.3, -0.25) is 14.4 Å². The lowest BCUT2D eigenvalue weighted by Gasteiger charge is -2.25. The van der Waals surface area contributed by atoms with Crippen LogP contribution in [0.3, 0.4) is 0 Å². The molecule has 0 aliphatic heterocycles. The molecular formula is C29H37N5O5S. The fourth-order valence-electron chi connectivity index (χ4n) is 4.30. The Labute approximate surface area is 238 Å². The van der Waals surface area contributed by atoms with Gasteiger partial charge in [0, 0.05) is 35.7 Å². The first kappa shape index (κ1) is 30.7.